The van der Waals surface area contributed by atoms with Gasteiger partial charge in [-0.15, -0.1) is 11.3 Å². The van der Waals surface area contributed by atoms with E-state index in [1.54, 1.807) is 23.5 Å². The third kappa shape index (κ3) is 4.44. The van der Waals surface area contributed by atoms with E-state index in [0.29, 0.717) is 5.56 Å². The summed E-state index contributed by atoms with van der Waals surface area (Å²) >= 11 is 1.57. The van der Waals surface area contributed by atoms with Crippen LogP contribution < -0.4 is 0 Å². The Morgan fingerprint density at radius 1 is 1.19 bits per heavy atom. The number of ether oxygens (including phenoxy) is 1. The van der Waals surface area contributed by atoms with E-state index in [9.17, 15) is 4.79 Å². The van der Waals surface area contributed by atoms with Crippen LogP contribution in [0.25, 0.3) is 10.4 Å². The lowest BCUT2D eigenvalue weighted by molar-refractivity contribution is -0.153. The number of rotatable bonds is 3. The standard InChI is InChI=1S/C17H17NO2S/c1-17(2,3)20-16(19)10-14-8-9-15(21-14)13-6-4-12(11-18)5-7-13/h4-9H,10H2,1-3H3. The van der Waals surface area contributed by atoms with Crippen LogP contribution in [0, 0.1) is 11.3 Å². The van der Waals surface area contributed by atoms with Gasteiger partial charge in [-0.3, -0.25) is 4.79 Å². The van der Waals surface area contributed by atoms with Crippen LogP contribution >= 0.6 is 11.3 Å². The van der Waals surface area contributed by atoms with E-state index in [1.807, 2.05) is 45.0 Å². The van der Waals surface area contributed by atoms with Gasteiger partial charge in [0.25, 0.3) is 0 Å². The first-order valence-electron chi connectivity index (χ1n) is 6.68. The van der Waals surface area contributed by atoms with Crippen molar-refractivity contribution in [2.75, 3.05) is 0 Å². The number of hydrogen-bond acceptors (Lipinski definition) is 4. The molecule has 0 unspecified atom stereocenters. The second kappa shape index (κ2) is 6.11. The molecule has 0 fully saturated rings. The van der Waals surface area contributed by atoms with E-state index in [1.165, 1.54) is 0 Å². The molecule has 0 aliphatic carbocycles. The zero-order chi connectivity index (χ0) is 15.5. The number of carbonyl (C=O) groups is 1. The zero-order valence-corrected chi connectivity index (χ0v) is 13.2. The van der Waals surface area contributed by atoms with E-state index in [-0.39, 0.29) is 12.4 Å². The molecule has 0 bridgehead atoms. The number of nitriles is 1. The second-order valence-corrected chi connectivity index (χ2v) is 6.89. The van der Waals surface area contributed by atoms with Crippen molar-refractivity contribution >= 4 is 17.3 Å². The van der Waals surface area contributed by atoms with Gasteiger partial charge in [-0.25, -0.2) is 0 Å². The molecule has 0 N–H and O–H groups in total. The van der Waals surface area contributed by atoms with E-state index in [0.717, 1.165) is 15.3 Å². The molecule has 4 heteroatoms. The highest BCUT2D eigenvalue weighted by molar-refractivity contribution is 7.15. The van der Waals surface area contributed by atoms with Crippen molar-refractivity contribution in [2.24, 2.45) is 0 Å². The lowest BCUT2D eigenvalue weighted by atomic mass is 10.1. The van der Waals surface area contributed by atoms with Crippen LogP contribution in [0.1, 0.15) is 31.2 Å². The lowest BCUT2D eigenvalue weighted by Crippen LogP contribution is -2.24. The minimum Gasteiger partial charge on any atom is -0.460 e. The number of benzene rings is 1. The highest BCUT2D eigenvalue weighted by Gasteiger charge is 2.17. The highest BCUT2D eigenvalue weighted by atomic mass is 32.1. The van der Waals surface area contributed by atoms with Crippen molar-refractivity contribution in [2.45, 2.75) is 32.8 Å². The fourth-order valence-corrected chi connectivity index (χ4v) is 2.86. The Kier molecular flexibility index (Phi) is 4.44. The summed E-state index contributed by atoms with van der Waals surface area (Å²) in [7, 11) is 0. The van der Waals surface area contributed by atoms with Crippen molar-refractivity contribution in [1.29, 1.82) is 5.26 Å². The predicted molar refractivity (Wildman–Crippen MR) is 84.0 cm³/mol. The van der Waals surface area contributed by atoms with Crippen LogP contribution in [0.5, 0.6) is 0 Å². The molecule has 1 aromatic carbocycles. The van der Waals surface area contributed by atoms with Crippen molar-refractivity contribution in [3.05, 3.63) is 46.8 Å². The molecular weight excluding hydrogens is 282 g/mol. The first-order valence-corrected chi connectivity index (χ1v) is 7.50. The Morgan fingerprint density at radius 3 is 2.43 bits per heavy atom. The summed E-state index contributed by atoms with van der Waals surface area (Å²) < 4.78 is 5.32. The SMILES string of the molecule is CC(C)(C)OC(=O)Cc1ccc(-c2ccc(C#N)cc2)s1. The summed E-state index contributed by atoms with van der Waals surface area (Å²) in [5.41, 5.74) is 1.24. The van der Waals surface area contributed by atoms with Crippen LogP contribution in [0.4, 0.5) is 0 Å². The Labute approximate surface area is 128 Å². The highest BCUT2D eigenvalue weighted by Crippen LogP contribution is 2.29. The van der Waals surface area contributed by atoms with Gasteiger partial charge in [0.05, 0.1) is 18.1 Å². The summed E-state index contributed by atoms with van der Waals surface area (Å²) in [5, 5.41) is 8.80. The minimum atomic E-state index is -0.454. The number of esters is 1. The van der Waals surface area contributed by atoms with Crippen LogP contribution in [0.2, 0.25) is 0 Å². The van der Waals surface area contributed by atoms with Gasteiger partial charge in [0.15, 0.2) is 0 Å². The molecule has 3 nitrogen and oxygen atoms in total. The summed E-state index contributed by atoms with van der Waals surface area (Å²) in [4.78, 5) is 13.9. The quantitative estimate of drug-likeness (QED) is 0.799. The smallest absolute Gasteiger partial charge is 0.311 e. The zero-order valence-electron chi connectivity index (χ0n) is 12.3. The van der Waals surface area contributed by atoms with Gasteiger partial charge < -0.3 is 4.74 Å². The topological polar surface area (TPSA) is 50.1 Å². The van der Waals surface area contributed by atoms with Crippen LogP contribution in [0.15, 0.2) is 36.4 Å². The first kappa shape index (κ1) is 15.3. The van der Waals surface area contributed by atoms with Gasteiger partial charge in [0.1, 0.15) is 5.60 Å². The fourth-order valence-electron chi connectivity index (χ4n) is 1.86. The second-order valence-electron chi connectivity index (χ2n) is 5.72. The molecule has 0 aliphatic rings. The number of hydrogen-bond donors (Lipinski definition) is 0. The largest absolute Gasteiger partial charge is 0.460 e. The minimum absolute atomic E-state index is 0.212. The maximum atomic E-state index is 11.8. The molecule has 1 aromatic heterocycles. The maximum Gasteiger partial charge on any atom is 0.311 e. The monoisotopic (exact) mass is 299 g/mol. The average Bonchev–Trinajstić information content (AvgIpc) is 2.85. The lowest BCUT2D eigenvalue weighted by Gasteiger charge is -2.19. The van der Waals surface area contributed by atoms with Crippen molar-refractivity contribution < 1.29 is 9.53 Å². The summed E-state index contributed by atoms with van der Waals surface area (Å²) in [6.07, 6.45) is 0.290. The molecule has 0 saturated heterocycles. The molecular formula is C17H17NO2S. The summed E-state index contributed by atoms with van der Waals surface area (Å²) in [6.45, 7) is 5.59. The molecule has 0 aliphatic heterocycles. The molecule has 1 heterocycles. The summed E-state index contributed by atoms with van der Waals surface area (Å²) in [5.74, 6) is -0.212. The van der Waals surface area contributed by atoms with Gasteiger partial charge in [0, 0.05) is 9.75 Å². The van der Waals surface area contributed by atoms with Crippen LogP contribution in [0.3, 0.4) is 0 Å². The molecule has 0 spiro atoms. The van der Waals surface area contributed by atoms with Gasteiger partial charge in [-0.1, -0.05) is 12.1 Å². The molecule has 2 aromatic rings. The molecule has 2 rings (SSSR count). The van der Waals surface area contributed by atoms with Gasteiger partial charge >= 0.3 is 5.97 Å². The number of thiophene rings is 1. The molecule has 0 radical (unpaired) electrons. The Bertz CT molecular complexity index is 672. The molecule has 0 amide bonds. The third-order valence-electron chi connectivity index (χ3n) is 2.70. The van der Waals surface area contributed by atoms with Crippen molar-refractivity contribution in [3.63, 3.8) is 0 Å². The van der Waals surface area contributed by atoms with E-state index in [2.05, 4.69) is 6.07 Å². The first-order chi connectivity index (χ1) is 9.87. The van der Waals surface area contributed by atoms with E-state index in [4.69, 9.17) is 10.00 Å². The van der Waals surface area contributed by atoms with Crippen LogP contribution in [-0.4, -0.2) is 11.6 Å². The van der Waals surface area contributed by atoms with E-state index >= 15 is 0 Å². The molecule has 108 valence electrons. The normalized spacial score (nSPS) is 11.0. The fraction of sp³-hybridized carbons (Fsp3) is 0.294. The molecule has 0 saturated carbocycles. The Morgan fingerprint density at radius 2 is 1.86 bits per heavy atom. The average molecular weight is 299 g/mol. The molecule has 0 atom stereocenters. The van der Waals surface area contributed by atoms with Crippen LogP contribution in [-0.2, 0) is 16.0 Å². The molecule has 21 heavy (non-hydrogen) atoms. The maximum absolute atomic E-state index is 11.8. The van der Waals surface area contributed by atoms with E-state index < -0.39 is 5.60 Å². The van der Waals surface area contributed by atoms with Gasteiger partial charge in [-0.05, 0) is 50.6 Å². The Balaban J connectivity index is 2.07. The Hall–Kier alpha value is -2.12. The van der Waals surface area contributed by atoms with Crippen molar-refractivity contribution in [3.8, 4) is 16.5 Å². The number of nitrogens with zero attached hydrogens (tertiary/aromatic N) is 1. The van der Waals surface area contributed by atoms with Gasteiger partial charge in [-0.2, -0.15) is 5.26 Å². The number of carbonyl (C=O) groups excluding carboxylic acids is 1. The predicted octanol–water partition coefficient (Wildman–Crippen LogP) is 4.17. The third-order valence-corrected chi connectivity index (χ3v) is 3.83. The van der Waals surface area contributed by atoms with Gasteiger partial charge in [0.2, 0.25) is 0 Å². The van der Waals surface area contributed by atoms with Crippen molar-refractivity contribution in [1.82, 2.24) is 0 Å². The summed E-state index contributed by atoms with van der Waals surface area (Å²) in [6, 6.07) is 13.5.